The lowest BCUT2D eigenvalue weighted by molar-refractivity contribution is 0.138. The first-order chi connectivity index (χ1) is 9.95. The minimum absolute atomic E-state index is 0.207. The van der Waals surface area contributed by atoms with Crippen molar-refractivity contribution in [2.24, 2.45) is 0 Å². The molecule has 0 atom stereocenters. The van der Waals surface area contributed by atoms with Gasteiger partial charge in [0.15, 0.2) is 0 Å². The molecule has 0 aromatic carbocycles. The Kier molecular flexibility index (Phi) is 3.93. The van der Waals surface area contributed by atoms with E-state index in [0.717, 1.165) is 38.0 Å². The molecule has 2 heterocycles. The molecule has 0 spiro atoms. The van der Waals surface area contributed by atoms with Crippen molar-refractivity contribution in [3.8, 4) is 0 Å². The molecule has 0 radical (unpaired) electrons. The number of hydrogen-bond acceptors (Lipinski definition) is 4. The first kappa shape index (κ1) is 14.8. The van der Waals surface area contributed by atoms with Gasteiger partial charge in [-0.1, -0.05) is 0 Å². The van der Waals surface area contributed by atoms with Crippen LogP contribution in [0.3, 0.4) is 0 Å². The molecule has 2 aliphatic rings. The minimum Gasteiger partial charge on any atom is -0.353 e. The molecule has 3 rings (SSSR count). The van der Waals surface area contributed by atoms with Crippen LogP contribution in [0.5, 0.6) is 0 Å². The van der Waals surface area contributed by atoms with E-state index in [-0.39, 0.29) is 5.54 Å². The Bertz CT molecular complexity index is 508. The van der Waals surface area contributed by atoms with E-state index in [1.54, 1.807) is 0 Å². The van der Waals surface area contributed by atoms with Crippen molar-refractivity contribution >= 4 is 5.82 Å². The number of rotatable bonds is 4. The zero-order valence-electron chi connectivity index (χ0n) is 13.8. The van der Waals surface area contributed by atoms with Gasteiger partial charge in [0, 0.05) is 44.0 Å². The number of pyridine rings is 1. The molecule has 4 nitrogen and oxygen atoms in total. The van der Waals surface area contributed by atoms with Gasteiger partial charge in [0.2, 0.25) is 0 Å². The highest BCUT2D eigenvalue weighted by Gasteiger charge is 2.32. The fourth-order valence-corrected chi connectivity index (χ4v) is 3.02. The normalized spacial score (nSPS) is 22.6. The predicted octanol–water partition coefficient (Wildman–Crippen LogP) is 2.17. The molecule has 1 saturated carbocycles. The number of anilines is 1. The first-order valence-corrected chi connectivity index (χ1v) is 8.11. The van der Waals surface area contributed by atoms with Gasteiger partial charge < -0.3 is 10.2 Å². The van der Waals surface area contributed by atoms with Gasteiger partial charge in [-0.3, -0.25) is 4.90 Å². The van der Waals surface area contributed by atoms with Crippen molar-refractivity contribution < 1.29 is 0 Å². The van der Waals surface area contributed by atoms with Crippen molar-refractivity contribution in [2.45, 2.75) is 51.7 Å². The summed E-state index contributed by atoms with van der Waals surface area (Å²) in [4.78, 5) is 9.63. The summed E-state index contributed by atoms with van der Waals surface area (Å²) in [6.45, 7) is 11.0. The quantitative estimate of drug-likeness (QED) is 0.920. The third kappa shape index (κ3) is 3.38. The zero-order chi connectivity index (χ0) is 15.0. The molecule has 1 aliphatic carbocycles. The minimum atomic E-state index is 0.207. The molecule has 2 fully saturated rings. The molecule has 0 bridgehead atoms. The van der Waals surface area contributed by atoms with Gasteiger partial charge in [-0.15, -0.1) is 0 Å². The van der Waals surface area contributed by atoms with Crippen molar-refractivity contribution in [2.75, 3.05) is 31.6 Å². The van der Waals surface area contributed by atoms with Gasteiger partial charge in [0.05, 0.1) is 0 Å². The summed E-state index contributed by atoms with van der Waals surface area (Å²) in [6.07, 6.45) is 4.71. The van der Waals surface area contributed by atoms with Crippen LogP contribution in [0.25, 0.3) is 0 Å². The highest BCUT2D eigenvalue weighted by Crippen LogP contribution is 2.26. The van der Waals surface area contributed by atoms with Gasteiger partial charge >= 0.3 is 0 Å². The topological polar surface area (TPSA) is 31.4 Å². The van der Waals surface area contributed by atoms with E-state index in [4.69, 9.17) is 4.98 Å². The maximum absolute atomic E-state index is 4.76. The van der Waals surface area contributed by atoms with Gasteiger partial charge in [-0.2, -0.15) is 0 Å². The summed E-state index contributed by atoms with van der Waals surface area (Å²) in [6, 6.07) is 3.05. The summed E-state index contributed by atoms with van der Waals surface area (Å²) in [5.41, 5.74) is 2.81. The number of aryl methyl sites for hydroxylation is 1. The van der Waals surface area contributed by atoms with Crippen molar-refractivity contribution in [3.05, 3.63) is 23.4 Å². The monoisotopic (exact) mass is 288 g/mol. The standard InChI is InChI=1S/C17H28N4/c1-13-9-14(10-18-15-5-6-15)11-19-16(13)21-8-7-20(4)17(2,3)12-21/h9,11,15,18H,5-8,10,12H2,1-4H3. The first-order valence-electron chi connectivity index (χ1n) is 8.11. The van der Waals surface area contributed by atoms with Crippen LogP contribution >= 0.6 is 0 Å². The number of nitrogens with zero attached hydrogens (tertiary/aromatic N) is 3. The number of aromatic nitrogens is 1. The van der Waals surface area contributed by atoms with E-state index < -0.39 is 0 Å². The molecule has 1 N–H and O–H groups in total. The number of nitrogens with one attached hydrogen (secondary N) is 1. The Hall–Kier alpha value is -1.13. The van der Waals surface area contributed by atoms with Crippen LogP contribution in [0, 0.1) is 6.92 Å². The predicted molar refractivity (Wildman–Crippen MR) is 87.8 cm³/mol. The third-order valence-electron chi connectivity index (χ3n) is 4.90. The van der Waals surface area contributed by atoms with Gasteiger partial charge in [-0.25, -0.2) is 4.98 Å². The molecule has 0 unspecified atom stereocenters. The van der Waals surface area contributed by atoms with Crippen LogP contribution in [-0.4, -0.2) is 48.1 Å². The second-order valence-electron chi connectivity index (χ2n) is 7.29. The van der Waals surface area contributed by atoms with Crippen LogP contribution in [0.2, 0.25) is 0 Å². The van der Waals surface area contributed by atoms with Gasteiger partial charge in [0.1, 0.15) is 5.82 Å². The molecule has 116 valence electrons. The van der Waals surface area contributed by atoms with E-state index >= 15 is 0 Å². The number of hydrogen-bond donors (Lipinski definition) is 1. The SMILES string of the molecule is Cc1cc(CNC2CC2)cnc1N1CCN(C)C(C)(C)C1. The second-order valence-corrected chi connectivity index (χ2v) is 7.29. The summed E-state index contributed by atoms with van der Waals surface area (Å²) >= 11 is 0. The third-order valence-corrected chi connectivity index (χ3v) is 4.90. The van der Waals surface area contributed by atoms with Crippen molar-refractivity contribution in [1.82, 2.24) is 15.2 Å². The Morgan fingerprint density at radius 3 is 2.71 bits per heavy atom. The highest BCUT2D eigenvalue weighted by atomic mass is 15.3. The fourth-order valence-electron chi connectivity index (χ4n) is 3.02. The Labute approximate surface area is 128 Å². The molecule has 1 aromatic rings. The lowest BCUT2D eigenvalue weighted by Crippen LogP contribution is -2.58. The average Bonchev–Trinajstić information content (AvgIpc) is 3.24. The van der Waals surface area contributed by atoms with Gasteiger partial charge in [-0.05, 0) is 57.9 Å². The molecular formula is C17H28N4. The van der Waals surface area contributed by atoms with E-state index in [9.17, 15) is 0 Å². The van der Waals surface area contributed by atoms with Crippen LogP contribution in [0.1, 0.15) is 37.8 Å². The van der Waals surface area contributed by atoms with E-state index in [1.165, 1.54) is 24.0 Å². The summed E-state index contributed by atoms with van der Waals surface area (Å²) in [5, 5.41) is 3.56. The van der Waals surface area contributed by atoms with Crippen LogP contribution in [0.4, 0.5) is 5.82 Å². The lowest BCUT2D eigenvalue weighted by Gasteiger charge is -2.46. The molecule has 4 heteroatoms. The molecule has 1 aromatic heterocycles. The molecule has 0 amide bonds. The highest BCUT2D eigenvalue weighted by molar-refractivity contribution is 5.48. The smallest absolute Gasteiger partial charge is 0.131 e. The average molecular weight is 288 g/mol. The molecule has 1 saturated heterocycles. The summed E-state index contributed by atoms with van der Waals surface area (Å²) < 4.78 is 0. The largest absolute Gasteiger partial charge is 0.353 e. The van der Waals surface area contributed by atoms with E-state index in [2.05, 4.69) is 49.0 Å². The van der Waals surface area contributed by atoms with Crippen molar-refractivity contribution in [1.29, 1.82) is 0 Å². The molecular weight excluding hydrogens is 260 g/mol. The second kappa shape index (κ2) is 5.58. The van der Waals surface area contributed by atoms with Crippen LogP contribution in [-0.2, 0) is 6.54 Å². The maximum Gasteiger partial charge on any atom is 0.131 e. The molecule has 1 aliphatic heterocycles. The Balaban J connectivity index is 1.70. The molecule has 21 heavy (non-hydrogen) atoms. The number of likely N-dealkylation sites (N-methyl/N-ethyl adjacent to an activating group) is 1. The zero-order valence-corrected chi connectivity index (χ0v) is 13.8. The maximum atomic E-state index is 4.76. The fraction of sp³-hybridized carbons (Fsp3) is 0.706. The van der Waals surface area contributed by atoms with E-state index in [1.807, 2.05) is 6.20 Å². The van der Waals surface area contributed by atoms with E-state index in [0.29, 0.717) is 0 Å². The van der Waals surface area contributed by atoms with Crippen LogP contribution in [0.15, 0.2) is 12.3 Å². The van der Waals surface area contributed by atoms with Gasteiger partial charge in [0.25, 0.3) is 0 Å². The summed E-state index contributed by atoms with van der Waals surface area (Å²) in [5.74, 6) is 1.16. The lowest BCUT2D eigenvalue weighted by atomic mass is 9.99. The van der Waals surface area contributed by atoms with Crippen molar-refractivity contribution in [3.63, 3.8) is 0 Å². The number of piperazine rings is 1. The summed E-state index contributed by atoms with van der Waals surface area (Å²) in [7, 11) is 2.21. The Morgan fingerprint density at radius 1 is 1.33 bits per heavy atom. The van der Waals surface area contributed by atoms with Crippen LogP contribution < -0.4 is 10.2 Å². The Morgan fingerprint density at radius 2 is 2.10 bits per heavy atom.